The van der Waals surface area contributed by atoms with E-state index in [0.29, 0.717) is 32.1 Å². The van der Waals surface area contributed by atoms with Gasteiger partial charge in [-0.15, -0.1) is 0 Å². The van der Waals surface area contributed by atoms with Gasteiger partial charge in [0.2, 0.25) is 0 Å². The van der Waals surface area contributed by atoms with Gasteiger partial charge < -0.3 is 10.5 Å². The molecule has 6 heteroatoms. The molecule has 0 radical (unpaired) electrons. The zero-order valence-corrected chi connectivity index (χ0v) is 11.9. The fraction of sp³-hybridized carbons (Fsp3) is 0.0769. The van der Waals surface area contributed by atoms with Gasteiger partial charge in [0.15, 0.2) is 0 Å². The Bertz CT molecular complexity index is 599. The van der Waals surface area contributed by atoms with Crippen LogP contribution in [-0.2, 0) is 6.61 Å². The molecule has 0 aromatic heterocycles. The van der Waals surface area contributed by atoms with Crippen molar-refractivity contribution in [3.63, 3.8) is 0 Å². The standard InChI is InChI=1S/C13H9Cl3FNO/c14-10-4-12(16)13(5-11(10)15)19-6-7-1-8(17)3-9(18)2-7/h1-5H,6,18H2. The van der Waals surface area contributed by atoms with Crippen molar-refractivity contribution in [2.24, 2.45) is 0 Å². The van der Waals surface area contributed by atoms with Crippen molar-refractivity contribution >= 4 is 40.5 Å². The lowest BCUT2D eigenvalue weighted by molar-refractivity contribution is 0.306. The third-order valence-corrected chi connectivity index (χ3v) is 3.37. The summed E-state index contributed by atoms with van der Waals surface area (Å²) in [6.07, 6.45) is 0. The van der Waals surface area contributed by atoms with Crippen LogP contribution in [0, 0.1) is 5.82 Å². The van der Waals surface area contributed by atoms with E-state index in [9.17, 15) is 4.39 Å². The summed E-state index contributed by atoms with van der Waals surface area (Å²) in [7, 11) is 0. The fourth-order valence-corrected chi connectivity index (χ4v) is 2.13. The predicted octanol–water partition coefficient (Wildman–Crippen LogP) is 4.95. The third-order valence-electron chi connectivity index (χ3n) is 2.35. The van der Waals surface area contributed by atoms with E-state index in [0.717, 1.165) is 0 Å². The Morgan fingerprint density at radius 2 is 1.63 bits per heavy atom. The molecule has 0 aliphatic heterocycles. The summed E-state index contributed by atoms with van der Waals surface area (Å²) in [6, 6.07) is 7.18. The number of ether oxygens (including phenoxy) is 1. The Morgan fingerprint density at radius 3 is 2.32 bits per heavy atom. The van der Waals surface area contributed by atoms with Crippen LogP contribution in [0.3, 0.4) is 0 Å². The minimum atomic E-state index is -0.418. The molecule has 0 aliphatic carbocycles. The summed E-state index contributed by atoms with van der Waals surface area (Å²) in [5, 5.41) is 1.01. The van der Waals surface area contributed by atoms with Crippen LogP contribution in [0.1, 0.15) is 5.56 Å². The molecule has 0 atom stereocenters. The molecule has 2 rings (SSSR count). The van der Waals surface area contributed by atoms with E-state index in [-0.39, 0.29) is 6.61 Å². The van der Waals surface area contributed by atoms with E-state index in [2.05, 4.69) is 0 Å². The van der Waals surface area contributed by atoms with Crippen molar-refractivity contribution in [2.45, 2.75) is 6.61 Å². The van der Waals surface area contributed by atoms with E-state index < -0.39 is 5.82 Å². The Balaban J connectivity index is 2.16. The smallest absolute Gasteiger partial charge is 0.139 e. The first kappa shape index (κ1) is 14.3. The number of benzene rings is 2. The van der Waals surface area contributed by atoms with Gasteiger partial charge in [0.05, 0.1) is 15.1 Å². The zero-order valence-electron chi connectivity index (χ0n) is 9.59. The van der Waals surface area contributed by atoms with Crippen LogP contribution in [0.5, 0.6) is 5.75 Å². The first-order chi connectivity index (χ1) is 8.95. The number of hydrogen-bond acceptors (Lipinski definition) is 2. The lowest BCUT2D eigenvalue weighted by Crippen LogP contribution is -1.98. The van der Waals surface area contributed by atoms with Crippen LogP contribution >= 0.6 is 34.8 Å². The molecule has 2 nitrogen and oxygen atoms in total. The average Bonchev–Trinajstić information content (AvgIpc) is 2.31. The van der Waals surface area contributed by atoms with E-state index >= 15 is 0 Å². The number of nitrogen functional groups attached to an aromatic ring is 1. The van der Waals surface area contributed by atoms with Crippen molar-refractivity contribution < 1.29 is 9.13 Å². The number of hydrogen-bond donors (Lipinski definition) is 1. The van der Waals surface area contributed by atoms with Gasteiger partial charge in [-0.3, -0.25) is 0 Å². The van der Waals surface area contributed by atoms with Crippen LogP contribution in [0.25, 0.3) is 0 Å². The summed E-state index contributed by atoms with van der Waals surface area (Å²) in [5.41, 5.74) is 6.47. The molecule has 0 spiro atoms. The minimum Gasteiger partial charge on any atom is -0.487 e. The normalized spacial score (nSPS) is 10.5. The summed E-state index contributed by atoms with van der Waals surface area (Å²) in [5.74, 6) is -0.0438. The maximum Gasteiger partial charge on any atom is 0.139 e. The number of rotatable bonds is 3. The Kier molecular flexibility index (Phi) is 4.40. The molecule has 0 amide bonds. The maximum absolute atomic E-state index is 13.1. The monoisotopic (exact) mass is 319 g/mol. The van der Waals surface area contributed by atoms with Crippen LogP contribution in [-0.4, -0.2) is 0 Å². The summed E-state index contributed by atoms with van der Waals surface area (Å²) in [6.45, 7) is 0.125. The number of anilines is 1. The largest absolute Gasteiger partial charge is 0.487 e. The zero-order chi connectivity index (χ0) is 14.0. The second-order valence-electron chi connectivity index (χ2n) is 3.88. The van der Waals surface area contributed by atoms with E-state index in [1.807, 2.05) is 0 Å². The third kappa shape index (κ3) is 3.66. The summed E-state index contributed by atoms with van der Waals surface area (Å²) in [4.78, 5) is 0. The predicted molar refractivity (Wildman–Crippen MR) is 76.6 cm³/mol. The molecular formula is C13H9Cl3FNO. The van der Waals surface area contributed by atoms with Gasteiger partial charge in [-0.25, -0.2) is 4.39 Å². The highest BCUT2D eigenvalue weighted by Gasteiger charge is 2.08. The van der Waals surface area contributed by atoms with Gasteiger partial charge in [-0.2, -0.15) is 0 Å². The van der Waals surface area contributed by atoms with Crippen molar-refractivity contribution in [1.29, 1.82) is 0 Å². The van der Waals surface area contributed by atoms with Crippen LogP contribution in [0.15, 0.2) is 30.3 Å². The lowest BCUT2D eigenvalue weighted by atomic mass is 10.2. The van der Waals surface area contributed by atoms with Gasteiger partial charge in [0.25, 0.3) is 0 Å². The molecule has 0 fully saturated rings. The number of nitrogens with two attached hydrogens (primary N) is 1. The fourth-order valence-electron chi connectivity index (χ4n) is 1.53. The first-order valence-electron chi connectivity index (χ1n) is 5.28. The molecule has 0 saturated carbocycles. The minimum absolute atomic E-state index is 0.125. The molecule has 100 valence electrons. The first-order valence-corrected chi connectivity index (χ1v) is 6.41. The molecule has 0 heterocycles. The topological polar surface area (TPSA) is 35.2 Å². The molecule has 0 bridgehead atoms. The van der Waals surface area contributed by atoms with Crippen LogP contribution < -0.4 is 10.5 Å². The summed E-state index contributed by atoms with van der Waals surface area (Å²) >= 11 is 17.6. The van der Waals surface area contributed by atoms with Gasteiger partial charge in [0, 0.05) is 11.8 Å². The molecule has 0 unspecified atom stereocenters. The number of halogens is 4. The van der Waals surface area contributed by atoms with Gasteiger partial charge in [0.1, 0.15) is 18.2 Å². The van der Waals surface area contributed by atoms with Gasteiger partial charge in [-0.05, 0) is 29.8 Å². The van der Waals surface area contributed by atoms with Crippen molar-refractivity contribution in [3.05, 3.63) is 56.8 Å². The van der Waals surface area contributed by atoms with Gasteiger partial charge in [-0.1, -0.05) is 34.8 Å². The van der Waals surface area contributed by atoms with Crippen LogP contribution in [0.4, 0.5) is 10.1 Å². The molecule has 0 saturated heterocycles. The SMILES string of the molecule is Nc1cc(F)cc(COc2cc(Cl)c(Cl)cc2Cl)c1. The highest BCUT2D eigenvalue weighted by Crippen LogP contribution is 2.34. The molecule has 2 aromatic carbocycles. The van der Waals surface area contributed by atoms with E-state index in [1.54, 1.807) is 6.07 Å². The Labute approximate surface area is 124 Å². The molecule has 0 aliphatic rings. The Morgan fingerprint density at radius 1 is 0.947 bits per heavy atom. The maximum atomic E-state index is 13.1. The van der Waals surface area contributed by atoms with E-state index in [4.69, 9.17) is 45.3 Å². The highest BCUT2D eigenvalue weighted by atomic mass is 35.5. The quantitative estimate of drug-likeness (QED) is 0.641. The second kappa shape index (κ2) is 5.87. The summed E-state index contributed by atoms with van der Waals surface area (Å²) < 4.78 is 18.6. The van der Waals surface area contributed by atoms with Crippen molar-refractivity contribution in [1.82, 2.24) is 0 Å². The molecule has 2 aromatic rings. The van der Waals surface area contributed by atoms with Crippen molar-refractivity contribution in [3.8, 4) is 5.75 Å². The molecule has 2 N–H and O–H groups in total. The highest BCUT2D eigenvalue weighted by molar-refractivity contribution is 6.43. The molecule has 19 heavy (non-hydrogen) atoms. The van der Waals surface area contributed by atoms with Crippen LogP contribution in [0.2, 0.25) is 15.1 Å². The van der Waals surface area contributed by atoms with E-state index in [1.165, 1.54) is 24.3 Å². The average molecular weight is 321 g/mol. The lowest BCUT2D eigenvalue weighted by Gasteiger charge is -2.10. The Hall–Kier alpha value is -1.16. The van der Waals surface area contributed by atoms with Gasteiger partial charge >= 0.3 is 0 Å². The second-order valence-corrected chi connectivity index (χ2v) is 5.10. The molecular weight excluding hydrogens is 312 g/mol. The van der Waals surface area contributed by atoms with Crippen molar-refractivity contribution in [2.75, 3.05) is 5.73 Å².